The molecule has 1 amide bonds. The summed E-state index contributed by atoms with van der Waals surface area (Å²) in [7, 11) is -3.66. The van der Waals surface area contributed by atoms with Crippen LogP contribution in [-0.2, 0) is 14.8 Å². The highest BCUT2D eigenvalue weighted by atomic mass is 79.9. The number of amides is 1. The van der Waals surface area contributed by atoms with Crippen LogP contribution in [0.3, 0.4) is 0 Å². The largest absolute Gasteiger partial charge is 0.323 e. The van der Waals surface area contributed by atoms with Crippen LogP contribution in [0.1, 0.15) is 11.1 Å². The summed E-state index contributed by atoms with van der Waals surface area (Å²) in [5.41, 5.74) is 2.87. The van der Waals surface area contributed by atoms with E-state index in [1.807, 2.05) is 31.2 Å². The molecule has 0 radical (unpaired) electrons. The molecular formula is C22H19BrN2O3S. The van der Waals surface area contributed by atoms with Crippen LogP contribution in [0.25, 0.3) is 6.08 Å². The van der Waals surface area contributed by atoms with E-state index in [4.69, 9.17) is 0 Å². The molecule has 0 heterocycles. The fourth-order valence-electron chi connectivity index (χ4n) is 2.48. The summed E-state index contributed by atoms with van der Waals surface area (Å²) in [6.07, 6.45) is 3.16. The molecule has 0 atom stereocenters. The van der Waals surface area contributed by atoms with Crippen LogP contribution in [-0.4, -0.2) is 14.3 Å². The van der Waals surface area contributed by atoms with Crippen molar-refractivity contribution in [3.63, 3.8) is 0 Å². The Balaban J connectivity index is 1.61. The van der Waals surface area contributed by atoms with Gasteiger partial charge in [0.25, 0.3) is 10.0 Å². The van der Waals surface area contributed by atoms with Gasteiger partial charge in [0.1, 0.15) is 0 Å². The van der Waals surface area contributed by atoms with Crippen molar-refractivity contribution in [1.29, 1.82) is 0 Å². The van der Waals surface area contributed by atoms with E-state index in [2.05, 4.69) is 26.0 Å². The highest BCUT2D eigenvalue weighted by Crippen LogP contribution is 2.19. The minimum Gasteiger partial charge on any atom is -0.323 e. The van der Waals surface area contributed by atoms with Gasteiger partial charge in [0, 0.05) is 21.9 Å². The minimum atomic E-state index is -3.66. The van der Waals surface area contributed by atoms with Gasteiger partial charge in [-0.25, -0.2) is 8.42 Å². The Kier molecular flexibility index (Phi) is 6.51. The molecule has 148 valence electrons. The second-order valence-corrected chi connectivity index (χ2v) is 8.97. The predicted octanol–water partition coefficient (Wildman–Crippen LogP) is 5.21. The number of halogens is 1. The number of benzene rings is 3. The molecule has 0 saturated carbocycles. The summed E-state index contributed by atoms with van der Waals surface area (Å²) in [4.78, 5) is 12.3. The molecule has 0 spiro atoms. The van der Waals surface area contributed by atoms with Crippen molar-refractivity contribution < 1.29 is 13.2 Å². The molecule has 2 N–H and O–H groups in total. The van der Waals surface area contributed by atoms with Crippen LogP contribution in [0, 0.1) is 6.92 Å². The Morgan fingerprint density at radius 1 is 0.862 bits per heavy atom. The molecule has 3 aromatic rings. The van der Waals surface area contributed by atoms with Gasteiger partial charge in [0.2, 0.25) is 5.91 Å². The molecule has 29 heavy (non-hydrogen) atoms. The topological polar surface area (TPSA) is 75.3 Å². The zero-order valence-corrected chi connectivity index (χ0v) is 18.0. The van der Waals surface area contributed by atoms with Gasteiger partial charge in [-0.1, -0.05) is 45.8 Å². The van der Waals surface area contributed by atoms with Crippen molar-refractivity contribution in [3.05, 3.63) is 94.5 Å². The molecule has 5 nitrogen and oxygen atoms in total. The molecule has 3 aromatic carbocycles. The maximum atomic E-state index is 12.4. The maximum absolute atomic E-state index is 12.4. The van der Waals surface area contributed by atoms with Crippen molar-refractivity contribution in [2.24, 2.45) is 0 Å². The third kappa shape index (κ3) is 6.04. The van der Waals surface area contributed by atoms with Crippen LogP contribution in [0.4, 0.5) is 11.4 Å². The van der Waals surface area contributed by atoms with Crippen LogP contribution >= 0.6 is 15.9 Å². The molecule has 0 aliphatic heterocycles. The number of sulfonamides is 1. The number of rotatable bonds is 6. The first-order valence-electron chi connectivity index (χ1n) is 8.76. The summed E-state index contributed by atoms with van der Waals surface area (Å²) in [6.45, 7) is 1.89. The van der Waals surface area contributed by atoms with Gasteiger partial charge in [0.15, 0.2) is 0 Å². The number of nitrogens with one attached hydrogen (secondary N) is 2. The average molecular weight is 471 g/mol. The Morgan fingerprint density at radius 2 is 1.45 bits per heavy atom. The lowest BCUT2D eigenvalue weighted by molar-refractivity contribution is -0.111. The highest BCUT2D eigenvalue weighted by Gasteiger charge is 2.13. The Hall–Kier alpha value is -2.90. The van der Waals surface area contributed by atoms with Gasteiger partial charge in [0.05, 0.1) is 4.90 Å². The molecule has 0 saturated heterocycles. The predicted molar refractivity (Wildman–Crippen MR) is 120 cm³/mol. The van der Waals surface area contributed by atoms with Crippen LogP contribution in [0.15, 0.2) is 88.2 Å². The fourth-order valence-corrected chi connectivity index (χ4v) is 3.81. The van der Waals surface area contributed by atoms with Gasteiger partial charge in [-0.2, -0.15) is 0 Å². The normalized spacial score (nSPS) is 11.4. The average Bonchev–Trinajstić information content (AvgIpc) is 2.69. The van der Waals surface area contributed by atoms with E-state index in [9.17, 15) is 13.2 Å². The van der Waals surface area contributed by atoms with Gasteiger partial charge in [-0.3, -0.25) is 9.52 Å². The standard InChI is InChI=1S/C22H19BrN2O3S/c1-16-2-13-21(14-3-16)29(27,28)25-20-11-9-19(10-12-20)24-22(26)15-6-17-4-7-18(23)8-5-17/h2-15,25H,1H3,(H,24,26)/b15-6+. The minimum absolute atomic E-state index is 0.193. The molecule has 0 aliphatic carbocycles. The lowest BCUT2D eigenvalue weighted by Gasteiger charge is -2.09. The summed E-state index contributed by atoms with van der Waals surface area (Å²) in [5.74, 6) is -0.277. The summed E-state index contributed by atoms with van der Waals surface area (Å²) >= 11 is 3.36. The zero-order chi connectivity index (χ0) is 20.9. The first-order valence-corrected chi connectivity index (χ1v) is 11.0. The van der Waals surface area contributed by atoms with Crippen molar-refractivity contribution in [1.82, 2.24) is 0 Å². The van der Waals surface area contributed by atoms with Crippen LogP contribution < -0.4 is 10.0 Å². The zero-order valence-electron chi connectivity index (χ0n) is 15.6. The molecular weight excluding hydrogens is 452 g/mol. The highest BCUT2D eigenvalue weighted by molar-refractivity contribution is 9.10. The lowest BCUT2D eigenvalue weighted by atomic mass is 10.2. The number of anilines is 2. The summed E-state index contributed by atoms with van der Waals surface area (Å²) < 4.78 is 28.3. The first kappa shape index (κ1) is 20.8. The second-order valence-electron chi connectivity index (χ2n) is 6.37. The molecule has 3 rings (SSSR count). The summed E-state index contributed by atoms with van der Waals surface area (Å²) in [5, 5.41) is 2.74. The van der Waals surface area contributed by atoms with Gasteiger partial charge in [-0.05, 0) is 67.1 Å². The van der Waals surface area contributed by atoms with Crippen molar-refractivity contribution >= 4 is 49.3 Å². The molecule has 0 aliphatic rings. The number of aryl methyl sites for hydroxylation is 1. The lowest BCUT2D eigenvalue weighted by Crippen LogP contribution is -2.13. The Morgan fingerprint density at radius 3 is 2.07 bits per heavy atom. The van der Waals surface area contributed by atoms with E-state index in [0.29, 0.717) is 11.4 Å². The van der Waals surface area contributed by atoms with E-state index in [-0.39, 0.29) is 10.8 Å². The maximum Gasteiger partial charge on any atom is 0.261 e. The van der Waals surface area contributed by atoms with E-state index >= 15 is 0 Å². The molecule has 7 heteroatoms. The monoisotopic (exact) mass is 470 g/mol. The molecule has 0 bridgehead atoms. The Bertz CT molecular complexity index is 1120. The quantitative estimate of drug-likeness (QED) is 0.485. The van der Waals surface area contributed by atoms with Crippen LogP contribution in [0.2, 0.25) is 0 Å². The third-order valence-corrected chi connectivity index (χ3v) is 5.96. The molecule has 0 unspecified atom stereocenters. The van der Waals surface area contributed by atoms with E-state index in [1.54, 1.807) is 54.6 Å². The Labute approximate surface area is 178 Å². The fraction of sp³-hybridized carbons (Fsp3) is 0.0455. The van der Waals surface area contributed by atoms with Crippen molar-refractivity contribution in [3.8, 4) is 0 Å². The molecule has 0 aromatic heterocycles. The van der Waals surface area contributed by atoms with E-state index in [0.717, 1.165) is 15.6 Å². The van der Waals surface area contributed by atoms with Crippen molar-refractivity contribution in [2.75, 3.05) is 10.0 Å². The third-order valence-electron chi connectivity index (χ3n) is 4.03. The number of carbonyl (C=O) groups excluding carboxylic acids is 1. The van der Waals surface area contributed by atoms with Gasteiger partial charge < -0.3 is 5.32 Å². The number of hydrogen-bond donors (Lipinski definition) is 2. The second kappa shape index (κ2) is 9.07. The first-order chi connectivity index (χ1) is 13.8. The summed E-state index contributed by atoms with van der Waals surface area (Å²) in [6, 6.07) is 20.7. The molecule has 0 fully saturated rings. The SMILES string of the molecule is Cc1ccc(S(=O)(=O)Nc2ccc(NC(=O)/C=C/c3ccc(Br)cc3)cc2)cc1. The number of carbonyl (C=O) groups is 1. The van der Waals surface area contributed by atoms with E-state index < -0.39 is 10.0 Å². The van der Waals surface area contributed by atoms with E-state index in [1.165, 1.54) is 6.08 Å². The van der Waals surface area contributed by atoms with Gasteiger partial charge >= 0.3 is 0 Å². The van der Waals surface area contributed by atoms with Gasteiger partial charge in [-0.15, -0.1) is 0 Å². The number of hydrogen-bond acceptors (Lipinski definition) is 3. The smallest absolute Gasteiger partial charge is 0.261 e. The van der Waals surface area contributed by atoms with Crippen LogP contribution in [0.5, 0.6) is 0 Å². The van der Waals surface area contributed by atoms with Crippen molar-refractivity contribution in [2.45, 2.75) is 11.8 Å².